The molecule has 1 fully saturated rings. The van der Waals surface area contributed by atoms with Crippen molar-refractivity contribution in [3.63, 3.8) is 0 Å². The van der Waals surface area contributed by atoms with E-state index in [2.05, 4.69) is 35.6 Å². The summed E-state index contributed by atoms with van der Waals surface area (Å²) in [7, 11) is 0. The SMILES string of the molecule is c1ccc(SCCCCNC2CC2)cc1. The minimum Gasteiger partial charge on any atom is -0.314 e. The maximum Gasteiger partial charge on any atom is 0.00719 e. The summed E-state index contributed by atoms with van der Waals surface area (Å²) in [6.07, 6.45) is 5.44. The van der Waals surface area contributed by atoms with Gasteiger partial charge < -0.3 is 5.32 Å². The molecule has 0 amide bonds. The average Bonchev–Trinajstić information content (AvgIpc) is 3.09. The molecule has 1 nitrogen and oxygen atoms in total. The molecular formula is C13H19NS. The molecule has 1 saturated carbocycles. The molecule has 0 radical (unpaired) electrons. The van der Waals surface area contributed by atoms with Crippen LogP contribution in [0.15, 0.2) is 35.2 Å². The van der Waals surface area contributed by atoms with Crippen molar-refractivity contribution in [2.45, 2.75) is 36.6 Å². The van der Waals surface area contributed by atoms with Crippen molar-refractivity contribution in [2.75, 3.05) is 12.3 Å². The summed E-state index contributed by atoms with van der Waals surface area (Å²) in [5, 5.41) is 3.55. The summed E-state index contributed by atoms with van der Waals surface area (Å²) in [4.78, 5) is 1.40. The monoisotopic (exact) mass is 221 g/mol. The molecule has 0 aliphatic heterocycles. The Morgan fingerprint density at radius 3 is 2.67 bits per heavy atom. The summed E-state index contributed by atoms with van der Waals surface area (Å²) in [5.74, 6) is 1.25. The third kappa shape index (κ3) is 4.72. The number of hydrogen-bond donors (Lipinski definition) is 1. The smallest absolute Gasteiger partial charge is 0.00719 e. The molecule has 0 heterocycles. The Hall–Kier alpha value is -0.470. The molecular weight excluding hydrogens is 202 g/mol. The normalized spacial score (nSPS) is 15.5. The zero-order valence-corrected chi connectivity index (χ0v) is 9.93. The van der Waals surface area contributed by atoms with Crippen LogP contribution in [-0.2, 0) is 0 Å². The summed E-state index contributed by atoms with van der Waals surface area (Å²) in [5.41, 5.74) is 0. The lowest BCUT2D eigenvalue weighted by molar-refractivity contribution is 0.640. The largest absolute Gasteiger partial charge is 0.314 e. The highest BCUT2D eigenvalue weighted by molar-refractivity contribution is 7.99. The first kappa shape index (κ1) is 11.0. The topological polar surface area (TPSA) is 12.0 Å². The maximum absolute atomic E-state index is 3.55. The predicted octanol–water partition coefficient (Wildman–Crippen LogP) is 3.31. The van der Waals surface area contributed by atoms with Gasteiger partial charge in [-0.2, -0.15) is 0 Å². The first-order valence-electron chi connectivity index (χ1n) is 5.86. The van der Waals surface area contributed by atoms with E-state index in [-0.39, 0.29) is 0 Å². The molecule has 0 atom stereocenters. The van der Waals surface area contributed by atoms with Crippen LogP contribution in [0.4, 0.5) is 0 Å². The zero-order chi connectivity index (χ0) is 10.3. The van der Waals surface area contributed by atoms with E-state index in [9.17, 15) is 0 Å². The molecule has 0 bridgehead atoms. The van der Waals surface area contributed by atoms with Crippen LogP contribution in [0.2, 0.25) is 0 Å². The van der Waals surface area contributed by atoms with Crippen LogP contribution in [0.1, 0.15) is 25.7 Å². The Labute approximate surface area is 96.7 Å². The molecule has 1 aromatic rings. The van der Waals surface area contributed by atoms with E-state index < -0.39 is 0 Å². The van der Waals surface area contributed by atoms with Gasteiger partial charge in [-0.3, -0.25) is 0 Å². The number of nitrogens with one attached hydrogen (secondary N) is 1. The highest BCUT2D eigenvalue weighted by atomic mass is 32.2. The van der Waals surface area contributed by atoms with Crippen LogP contribution < -0.4 is 5.32 Å². The van der Waals surface area contributed by atoms with Crippen LogP contribution in [0, 0.1) is 0 Å². The third-order valence-electron chi connectivity index (χ3n) is 2.59. The number of rotatable bonds is 7. The number of unbranched alkanes of at least 4 members (excludes halogenated alkanes) is 1. The average molecular weight is 221 g/mol. The van der Waals surface area contributed by atoms with E-state index in [4.69, 9.17) is 0 Å². The van der Waals surface area contributed by atoms with Crippen LogP contribution in [-0.4, -0.2) is 18.3 Å². The number of benzene rings is 1. The minimum absolute atomic E-state index is 0.867. The van der Waals surface area contributed by atoms with Gasteiger partial charge in [0.05, 0.1) is 0 Å². The Morgan fingerprint density at radius 1 is 1.13 bits per heavy atom. The van der Waals surface area contributed by atoms with Crippen LogP contribution >= 0.6 is 11.8 Å². The molecule has 1 aliphatic rings. The van der Waals surface area contributed by atoms with Crippen molar-refractivity contribution in [1.29, 1.82) is 0 Å². The highest BCUT2D eigenvalue weighted by Gasteiger charge is 2.19. The lowest BCUT2D eigenvalue weighted by atomic mass is 10.3. The molecule has 0 aromatic heterocycles. The Bertz CT molecular complexity index is 269. The van der Waals surface area contributed by atoms with Crippen molar-refractivity contribution in [3.05, 3.63) is 30.3 Å². The fraction of sp³-hybridized carbons (Fsp3) is 0.538. The van der Waals surface area contributed by atoms with E-state index >= 15 is 0 Å². The molecule has 0 saturated heterocycles. The van der Waals surface area contributed by atoms with E-state index in [1.54, 1.807) is 0 Å². The molecule has 82 valence electrons. The molecule has 1 aliphatic carbocycles. The Balaban J connectivity index is 1.47. The summed E-state index contributed by atoms with van der Waals surface area (Å²) in [6.45, 7) is 1.21. The van der Waals surface area contributed by atoms with Gasteiger partial charge in [0.1, 0.15) is 0 Å². The summed E-state index contributed by atoms with van der Waals surface area (Å²) < 4.78 is 0. The lowest BCUT2D eigenvalue weighted by Crippen LogP contribution is -2.17. The summed E-state index contributed by atoms with van der Waals surface area (Å²) >= 11 is 1.97. The van der Waals surface area contributed by atoms with Gasteiger partial charge in [-0.05, 0) is 50.1 Å². The number of thioether (sulfide) groups is 1. The molecule has 2 heteroatoms. The second kappa shape index (κ2) is 6.19. The maximum atomic E-state index is 3.55. The second-order valence-electron chi connectivity index (χ2n) is 4.10. The van der Waals surface area contributed by atoms with Crippen molar-refractivity contribution in [3.8, 4) is 0 Å². The lowest BCUT2D eigenvalue weighted by Gasteiger charge is -2.03. The van der Waals surface area contributed by atoms with Crippen molar-refractivity contribution >= 4 is 11.8 Å². The predicted molar refractivity (Wildman–Crippen MR) is 67.4 cm³/mol. The fourth-order valence-corrected chi connectivity index (χ4v) is 2.46. The van der Waals surface area contributed by atoms with Crippen LogP contribution in [0.5, 0.6) is 0 Å². The molecule has 0 unspecified atom stereocenters. The van der Waals surface area contributed by atoms with Crippen molar-refractivity contribution in [2.24, 2.45) is 0 Å². The zero-order valence-electron chi connectivity index (χ0n) is 9.11. The molecule has 1 N–H and O–H groups in total. The van der Waals surface area contributed by atoms with E-state index in [1.165, 1.54) is 42.9 Å². The number of hydrogen-bond acceptors (Lipinski definition) is 2. The highest BCUT2D eigenvalue weighted by Crippen LogP contribution is 2.20. The van der Waals surface area contributed by atoms with Crippen molar-refractivity contribution < 1.29 is 0 Å². The Morgan fingerprint density at radius 2 is 1.93 bits per heavy atom. The van der Waals surface area contributed by atoms with Gasteiger partial charge in [0.25, 0.3) is 0 Å². The third-order valence-corrected chi connectivity index (χ3v) is 3.69. The van der Waals surface area contributed by atoms with Gasteiger partial charge in [-0.1, -0.05) is 18.2 Å². The van der Waals surface area contributed by atoms with Crippen LogP contribution in [0.25, 0.3) is 0 Å². The van der Waals surface area contributed by atoms with Gasteiger partial charge in [0.2, 0.25) is 0 Å². The van der Waals surface area contributed by atoms with Crippen LogP contribution in [0.3, 0.4) is 0 Å². The molecule has 2 rings (SSSR count). The molecule has 15 heavy (non-hydrogen) atoms. The molecule has 1 aromatic carbocycles. The quantitative estimate of drug-likeness (QED) is 0.560. The van der Waals surface area contributed by atoms with Gasteiger partial charge in [-0.25, -0.2) is 0 Å². The summed E-state index contributed by atoms with van der Waals surface area (Å²) in [6, 6.07) is 11.5. The van der Waals surface area contributed by atoms with E-state index in [0.29, 0.717) is 0 Å². The van der Waals surface area contributed by atoms with E-state index in [1.807, 2.05) is 11.8 Å². The second-order valence-corrected chi connectivity index (χ2v) is 5.27. The van der Waals surface area contributed by atoms with Gasteiger partial charge in [0.15, 0.2) is 0 Å². The molecule has 0 spiro atoms. The van der Waals surface area contributed by atoms with Gasteiger partial charge in [-0.15, -0.1) is 11.8 Å². The first-order chi connectivity index (χ1) is 7.45. The van der Waals surface area contributed by atoms with Gasteiger partial charge >= 0.3 is 0 Å². The van der Waals surface area contributed by atoms with Gasteiger partial charge in [0, 0.05) is 10.9 Å². The fourth-order valence-electron chi connectivity index (χ4n) is 1.53. The first-order valence-corrected chi connectivity index (χ1v) is 6.85. The standard InChI is InChI=1S/C13H19NS/c1-2-6-13(7-3-1)15-11-5-4-10-14-12-8-9-12/h1-3,6-7,12,14H,4-5,8-11H2. The Kier molecular flexibility index (Phi) is 4.55. The van der Waals surface area contributed by atoms with Crippen molar-refractivity contribution in [1.82, 2.24) is 5.32 Å². The minimum atomic E-state index is 0.867. The van der Waals surface area contributed by atoms with E-state index in [0.717, 1.165) is 6.04 Å².